The van der Waals surface area contributed by atoms with Crippen LogP contribution in [-0.4, -0.2) is 30.0 Å². The predicted octanol–water partition coefficient (Wildman–Crippen LogP) is 2.39. The number of hydrogen-bond acceptors (Lipinski definition) is 5. The molecule has 3 rings (SSSR count). The van der Waals surface area contributed by atoms with Crippen molar-refractivity contribution >= 4 is 23.4 Å². The minimum Gasteiger partial charge on any atom is -0.311 e. The van der Waals surface area contributed by atoms with Crippen LogP contribution in [0.15, 0.2) is 45.1 Å². The lowest BCUT2D eigenvalue weighted by Crippen LogP contribution is -2.23. The number of rotatable bonds is 5. The summed E-state index contributed by atoms with van der Waals surface area (Å²) in [5.74, 6) is 0.617. The van der Waals surface area contributed by atoms with E-state index in [1.54, 1.807) is 23.9 Å². The first-order valence-corrected chi connectivity index (χ1v) is 8.87. The van der Waals surface area contributed by atoms with Gasteiger partial charge in [0.2, 0.25) is 0 Å². The third-order valence-corrected chi connectivity index (χ3v) is 4.49. The zero-order valence-corrected chi connectivity index (χ0v) is 15.2. The normalized spacial score (nSPS) is 11.2. The maximum atomic E-state index is 11.5. The topological polar surface area (TPSA) is 96.4 Å². The molecule has 2 heterocycles. The van der Waals surface area contributed by atoms with E-state index in [0.29, 0.717) is 21.8 Å². The number of benzene rings is 1. The summed E-state index contributed by atoms with van der Waals surface area (Å²) in [5.41, 5.74) is 0.335. The second kappa shape index (κ2) is 7.28. The van der Waals surface area contributed by atoms with Crippen molar-refractivity contribution in [2.75, 3.05) is 0 Å². The van der Waals surface area contributed by atoms with Crippen LogP contribution in [0.1, 0.15) is 25.4 Å². The van der Waals surface area contributed by atoms with Gasteiger partial charge in [0.1, 0.15) is 5.82 Å². The van der Waals surface area contributed by atoms with Crippen molar-refractivity contribution in [3.8, 4) is 5.69 Å². The van der Waals surface area contributed by atoms with Gasteiger partial charge in [0.25, 0.3) is 5.56 Å². The van der Waals surface area contributed by atoms with E-state index < -0.39 is 11.2 Å². The highest BCUT2D eigenvalue weighted by Crippen LogP contribution is 2.26. The van der Waals surface area contributed by atoms with Gasteiger partial charge in [-0.15, -0.1) is 10.2 Å². The minimum absolute atomic E-state index is 0.271. The maximum Gasteiger partial charge on any atom is 0.325 e. The molecule has 2 N–H and O–H groups in total. The number of thioether (sulfide) groups is 1. The number of aromatic nitrogens is 5. The number of halogens is 1. The summed E-state index contributed by atoms with van der Waals surface area (Å²) < 4.78 is 1.90. The quantitative estimate of drug-likeness (QED) is 0.665. The van der Waals surface area contributed by atoms with Crippen LogP contribution in [-0.2, 0) is 6.42 Å². The van der Waals surface area contributed by atoms with Crippen molar-refractivity contribution in [2.24, 2.45) is 0 Å². The van der Waals surface area contributed by atoms with E-state index in [4.69, 9.17) is 11.6 Å². The average molecular weight is 378 g/mol. The van der Waals surface area contributed by atoms with Crippen LogP contribution in [0.2, 0.25) is 5.02 Å². The first-order valence-electron chi connectivity index (χ1n) is 7.62. The molecular weight excluding hydrogens is 362 g/mol. The monoisotopic (exact) mass is 377 g/mol. The first-order chi connectivity index (χ1) is 11.9. The molecule has 1 aromatic carbocycles. The summed E-state index contributed by atoms with van der Waals surface area (Å²) in [6.45, 7) is 4.14. The van der Waals surface area contributed by atoms with Gasteiger partial charge < -0.3 is 4.98 Å². The fraction of sp³-hybridized carbons (Fsp3) is 0.250. The summed E-state index contributed by atoms with van der Waals surface area (Å²) in [6.07, 6.45) is 0.271. The number of nitrogens with one attached hydrogen (secondary N) is 2. The van der Waals surface area contributed by atoms with E-state index in [1.807, 2.05) is 16.7 Å². The van der Waals surface area contributed by atoms with Crippen molar-refractivity contribution in [2.45, 2.75) is 30.7 Å². The Bertz CT molecular complexity index is 962. The minimum atomic E-state index is -0.545. The molecule has 0 fully saturated rings. The lowest BCUT2D eigenvalue weighted by Gasteiger charge is -2.11. The fourth-order valence-corrected chi connectivity index (χ4v) is 3.29. The van der Waals surface area contributed by atoms with Gasteiger partial charge in [-0.2, -0.15) is 0 Å². The molecule has 0 atom stereocenters. The van der Waals surface area contributed by atoms with Crippen molar-refractivity contribution in [1.82, 2.24) is 24.7 Å². The third-order valence-electron chi connectivity index (χ3n) is 3.29. The molecule has 0 aliphatic heterocycles. The summed E-state index contributed by atoms with van der Waals surface area (Å²) in [5, 5.41) is 10.2. The molecule has 130 valence electrons. The van der Waals surface area contributed by atoms with E-state index in [0.717, 1.165) is 10.8 Å². The van der Waals surface area contributed by atoms with Gasteiger partial charge in [0.15, 0.2) is 5.16 Å². The van der Waals surface area contributed by atoms with Gasteiger partial charge in [0, 0.05) is 34.1 Å². The highest BCUT2D eigenvalue weighted by atomic mass is 35.5. The van der Waals surface area contributed by atoms with Crippen LogP contribution in [0.3, 0.4) is 0 Å². The Kier molecular flexibility index (Phi) is 5.10. The Morgan fingerprint density at radius 2 is 1.88 bits per heavy atom. The molecule has 2 aromatic heterocycles. The van der Waals surface area contributed by atoms with Crippen LogP contribution < -0.4 is 11.2 Å². The summed E-state index contributed by atoms with van der Waals surface area (Å²) in [4.78, 5) is 27.7. The summed E-state index contributed by atoms with van der Waals surface area (Å²) in [6, 6.07) is 8.68. The van der Waals surface area contributed by atoms with Crippen molar-refractivity contribution in [3.05, 3.63) is 67.7 Å². The van der Waals surface area contributed by atoms with E-state index in [1.165, 1.54) is 6.07 Å². The highest BCUT2D eigenvalue weighted by molar-refractivity contribution is 7.99. The van der Waals surface area contributed by atoms with Crippen LogP contribution in [0.4, 0.5) is 0 Å². The Labute approximate surface area is 152 Å². The van der Waals surface area contributed by atoms with Crippen LogP contribution in [0, 0.1) is 0 Å². The molecule has 3 aromatic rings. The maximum absolute atomic E-state index is 11.5. The van der Waals surface area contributed by atoms with Crippen molar-refractivity contribution in [1.29, 1.82) is 0 Å². The Morgan fingerprint density at radius 3 is 2.52 bits per heavy atom. The Hall–Kier alpha value is -2.32. The van der Waals surface area contributed by atoms with Crippen molar-refractivity contribution in [3.63, 3.8) is 0 Å². The van der Waals surface area contributed by atoms with Crippen LogP contribution >= 0.6 is 23.4 Å². The summed E-state index contributed by atoms with van der Waals surface area (Å²) >= 11 is 7.56. The molecule has 0 spiro atoms. The molecule has 0 aliphatic carbocycles. The fourth-order valence-electron chi connectivity index (χ4n) is 2.34. The van der Waals surface area contributed by atoms with Gasteiger partial charge in [-0.05, 0) is 24.3 Å². The molecule has 25 heavy (non-hydrogen) atoms. The second-order valence-corrected chi connectivity index (χ2v) is 7.65. The molecule has 0 unspecified atom stereocenters. The number of H-pyrrole nitrogens is 2. The highest BCUT2D eigenvalue weighted by Gasteiger charge is 2.16. The molecule has 0 aliphatic rings. The van der Waals surface area contributed by atoms with E-state index in [9.17, 15) is 9.59 Å². The number of hydrogen-bond donors (Lipinski definition) is 2. The largest absolute Gasteiger partial charge is 0.325 e. The average Bonchev–Trinajstić information content (AvgIpc) is 2.89. The zero-order chi connectivity index (χ0) is 18.0. The molecular formula is C16H16ClN5O2S. The molecule has 7 nitrogen and oxygen atoms in total. The van der Waals surface area contributed by atoms with E-state index in [2.05, 4.69) is 34.0 Å². The standard InChI is InChI=1S/C16H16ClN5O2S/c1-9(2)25-16-21-20-13(7-11-8-14(23)19-15(24)18-11)22(16)12-5-3-10(17)4-6-12/h3-6,8-9H,7H2,1-2H3,(H2,18,19,23,24). The number of aromatic amines is 2. The lowest BCUT2D eigenvalue weighted by atomic mass is 10.2. The predicted molar refractivity (Wildman–Crippen MR) is 97.9 cm³/mol. The lowest BCUT2D eigenvalue weighted by molar-refractivity contribution is 0.827. The summed E-state index contributed by atoms with van der Waals surface area (Å²) in [7, 11) is 0. The van der Waals surface area contributed by atoms with E-state index >= 15 is 0 Å². The van der Waals surface area contributed by atoms with Gasteiger partial charge in [0.05, 0.1) is 0 Å². The number of nitrogens with zero attached hydrogens (tertiary/aromatic N) is 3. The molecule has 0 bridgehead atoms. The second-order valence-electron chi connectivity index (χ2n) is 5.67. The van der Waals surface area contributed by atoms with Crippen molar-refractivity contribution < 1.29 is 0 Å². The zero-order valence-electron chi connectivity index (χ0n) is 13.6. The Balaban J connectivity index is 2.06. The molecule has 0 saturated heterocycles. The SMILES string of the molecule is CC(C)Sc1nnc(Cc2cc(=O)[nH]c(=O)[nH]2)n1-c1ccc(Cl)cc1. The Morgan fingerprint density at radius 1 is 1.16 bits per heavy atom. The smallest absolute Gasteiger partial charge is 0.311 e. The van der Waals surface area contributed by atoms with Gasteiger partial charge in [-0.1, -0.05) is 37.2 Å². The van der Waals surface area contributed by atoms with Gasteiger partial charge >= 0.3 is 5.69 Å². The van der Waals surface area contributed by atoms with Crippen LogP contribution in [0.25, 0.3) is 5.69 Å². The molecule has 0 radical (unpaired) electrons. The third kappa shape index (κ3) is 4.21. The van der Waals surface area contributed by atoms with Gasteiger partial charge in [-0.25, -0.2) is 4.79 Å². The molecule has 9 heteroatoms. The molecule has 0 amide bonds. The van der Waals surface area contributed by atoms with Gasteiger partial charge in [-0.3, -0.25) is 14.3 Å². The molecule has 0 saturated carbocycles. The van der Waals surface area contributed by atoms with E-state index in [-0.39, 0.29) is 6.42 Å². The van der Waals surface area contributed by atoms with Crippen LogP contribution in [0.5, 0.6) is 0 Å². The first kappa shape index (κ1) is 17.5.